The van der Waals surface area contributed by atoms with E-state index in [1.165, 1.54) is 18.4 Å². The summed E-state index contributed by atoms with van der Waals surface area (Å²) in [5.74, 6) is -0.267. The second kappa shape index (κ2) is 4.97. The fourth-order valence-electron chi connectivity index (χ4n) is 2.51. The number of benzene rings is 1. The zero-order valence-electron chi connectivity index (χ0n) is 10.6. The summed E-state index contributed by atoms with van der Waals surface area (Å²) in [6, 6.07) is 6.38. The smallest absolute Gasteiger partial charge is 0.150 e. The Balaban J connectivity index is 2.23. The molecule has 1 aliphatic heterocycles. The van der Waals surface area contributed by atoms with Crippen molar-refractivity contribution in [2.75, 3.05) is 19.8 Å². The molecule has 5 heteroatoms. The van der Waals surface area contributed by atoms with Crippen LogP contribution in [0, 0.1) is 5.82 Å². The van der Waals surface area contributed by atoms with Crippen LogP contribution in [0.5, 0.6) is 0 Å². The van der Waals surface area contributed by atoms with Crippen LogP contribution in [0.3, 0.4) is 0 Å². The minimum absolute atomic E-state index is 0.0547. The van der Waals surface area contributed by atoms with E-state index in [4.69, 9.17) is 0 Å². The maximum atomic E-state index is 12.9. The van der Waals surface area contributed by atoms with Gasteiger partial charge in [0.05, 0.1) is 5.25 Å². The van der Waals surface area contributed by atoms with Gasteiger partial charge in [-0.25, -0.2) is 12.8 Å². The molecule has 0 spiro atoms. The second-order valence-electron chi connectivity index (χ2n) is 5.02. The standard InChI is InChI=1S/C13H18FNO2S/c1-15-8-7-12(18(2,16)17)9-13(15)10-3-5-11(14)6-4-10/h3-6,12-13H,7-9H2,1-2H3/t12?,13-/m0/s1. The Morgan fingerprint density at radius 2 is 1.89 bits per heavy atom. The van der Waals surface area contributed by atoms with Gasteiger partial charge >= 0.3 is 0 Å². The van der Waals surface area contributed by atoms with Crippen molar-refractivity contribution in [3.63, 3.8) is 0 Å². The van der Waals surface area contributed by atoms with Crippen LogP contribution in [0.25, 0.3) is 0 Å². The Morgan fingerprint density at radius 3 is 2.44 bits per heavy atom. The molecule has 0 N–H and O–H groups in total. The van der Waals surface area contributed by atoms with Gasteiger partial charge in [0.15, 0.2) is 0 Å². The highest BCUT2D eigenvalue weighted by Crippen LogP contribution is 2.32. The summed E-state index contributed by atoms with van der Waals surface area (Å²) < 4.78 is 36.2. The van der Waals surface area contributed by atoms with Crippen LogP contribution in [-0.2, 0) is 9.84 Å². The van der Waals surface area contributed by atoms with E-state index in [-0.39, 0.29) is 17.1 Å². The molecule has 0 amide bonds. The number of hydrogen-bond acceptors (Lipinski definition) is 3. The van der Waals surface area contributed by atoms with Crippen molar-refractivity contribution in [1.29, 1.82) is 0 Å². The van der Waals surface area contributed by atoms with E-state index in [2.05, 4.69) is 4.90 Å². The maximum Gasteiger partial charge on any atom is 0.150 e. The summed E-state index contributed by atoms with van der Waals surface area (Å²) in [5, 5.41) is -0.288. The van der Waals surface area contributed by atoms with Gasteiger partial charge in [-0.15, -0.1) is 0 Å². The van der Waals surface area contributed by atoms with Crippen molar-refractivity contribution in [3.05, 3.63) is 35.6 Å². The van der Waals surface area contributed by atoms with Crippen molar-refractivity contribution in [2.24, 2.45) is 0 Å². The van der Waals surface area contributed by atoms with Crippen LogP contribution in [0.2, 0.25) is 0 Å². The van der Waals surface area contributed by atoms with Gasteiger partial charge in [-0.05, 0) is 44.1 Å². The highest BCUT2D eigenvalue weighted by Gasteiger charge is 2.32. The zero-order valence-corrected chi connectivity index (χ0v) is 11.5. The SMILES string of the molecule is CN1CCC(S(C)(=O)=O)C[C@H]1c1ccc(F)cc1. The molecular weight excluding hydrogens is 253 g/mol. The molecule has 1 saturated heterocycles. The van der Waals surface area contributed by atoms with Crippen molar-refractivity contribution in [2.45, 2.75) is 24.1 Å². The summed E-state index contributed by atoms with van der Waals surface area (Å²) in [5.41, 5.74) is 0.979. The van der Waals surface area contributed by atoms with Crippen molar-refractivity contribution >= 4 is 9.84 Å². The first kappa shape index (κ1) is 13.5. The van der Waals surface area contributed by atoms with E-state index in [0.717, 1.165) is 12.1 Å². The Morgan fingerprint density at radius 1 is 1.28 bits per heavy atom. The summed E-state index contributed by atoms with van der Waals surface area (Å²) in [6.45, 7) is 0.750. The molecule has 1 aliphatic rings. The van der Waals surface area contributed by atoms with Gasteiger partial charge in [0.1, 0.15) is 15.7 Å². The van der Waals surface area contributed by atoms with Gasteiger partial charge in [-0.1, -0.05) is 12.1 Å². The normalized spacial score (nSPS) is 26.2. The predicted molar refractivity (Wildman–Crippen MR) is 69.6 cm³/mol. The number of nitrogens with zero attached hydrogens (tertiary/aromatic N) is 1. The number of piperidine rings is 1. The van der Waals surface area contributed by atoms with Crippen molar-refractivity contribution < 1.29 is 12.8 Å². The van der Waals surface area contributed by atoms with Gasteiger partial charge in [-0.3, -0.25) is 4.90 Å². The molecule has 1 aromatic carbocycles. The third kappa shape index (κ3) is 2.90. The van der Waals surface area contributed by atoms with E-state index >= 15 is 0 Å². The lowest BCUT2D eigenvalue weighted by molar-refractivity contribution is 0.189. The summed E-state index contributed by atoms with van der Waals surface area (Å²) in [4.78, 5) is 2.13. The average Bonchev–Trinajstić information content (AvgIpc) is 2.29. The van der Waals surface area contributed by atoms with E-state index in [1.807, 2.05) is 7.05 Å². The number of sulfone groups is 1. The number of hydrogen-bond donors (Lipinski definition) is 0. The number of halogens is 1. The molecule has 100 valence electrons. The third-order valence-electron chi connectivity index (χ3n) is 3.68. The molecule has 3 nitrogen and oxygen atoms in total. The van der Waals surface area contributed by atoms with Crippen LogP contribution in [-0.4, -0.2) is 38.4 Å². The summed E-state index contributed by atoms with van der Waals surface area (Å²) >= 11 is 0. The first-order valence-electron chi connectivity index (χ1n) is 6.02. The Hall–Kier alpha value is -0.940. The maximum absolute atomic E-state index is 12.9. The molecule has 1 fully saturated rings. The third-order valence-corrected chi connectivity index (χ3v) is 5.32. The first-order chi connectivity index (χ1) is 8.38. The molecule has 0 aliphatic carbocycles. The van der Waals surface area contributed by atoms with Crippen molar-refractivity contribution in [3.8, 4) is 0 Å². The highest BCUT2D eigenvalue weighted by molar-refractivity contribution is 7.91. The fourth-order valence-corrected chi connectivity index (χ4v) is 3.58. The Bertz CT molecular complexity index is 512. The average molecular weight is 271 g/mol. The van der Waals surface area contributed by atoms with Crippen LogP contribution in [0.1, 0.15) is 24.4 Å². The first-order valence-corrected chi connectivity index (χ1v) is 7.98. The van der Waals surface area contributed by atoms with E-state index in [0.29, 0.717) is 12.8 Å². The van der Waals surface area contributed by atoms with Gasteiger partial charge in [-0.2, -0.15) is 0 Å². The molecule has 2 rings (SSSR count). The quantitative estimate of drug-likeness (QED) is 0.825. The lowest BCUT2D eigenvalue weighted by atomic mass is 9.95. The predicted octanol–water partition coefficient (Wildman–Crippen LogP) is 2.01. The van der Waals surface area contributed by atoms with Gasteiger partial charge in [0.2, 0.25) is 0 Å². The van der Waals surface area contributed by atoms with E-state index in [1.54, 1.807) is 12.1 Å². The van der Waals surface area contributed by atoms with E-state index in [9.17, 15) is 12.8 Å². The van der Waals surface area contributed by atoms with Gasteiger partial charge < -0.3 is 0 Å². The van der Waals surface area contributed by atoms with Crippen LogP contribution >= 0.6 is 0 Å². The molecule has 18 heavy (non-hydrogen) atoms. The summed E-state index contributed by atoms with van der Waals surface area (Å²) in [7, 11) is -1.02. The topological polar surface area (TPSA) is 37.4 Å². The Labute approximate surface area is 108 Å². The zero-order chi connectivity index (χ0) is 13.3. The molecule has 0 bridgehead atoms. The lowest BCUT2D eigenvalue weighted by Crippen LogP contribution is -2.39. The highest BCUT2D eigenvalue weighted by atomic mass is 32.2. The number of rotatable bonds is 2. The van der Waals surface area contributed by atoms with Crippen LogP contribution < -0.4 is 0 Å². The molecule has 0 aromatic heterocycles. The number of likely N-dealkylation sites (tertiary alicyclic amines) is 1. The molecular formula is C13H18FNO2S. The largest absolute Gasteiger partial charge is 0.299 e. The molecule has 1 unspecified atom stereocenters. The second-order valence-corrected chi connectivity index (χ2v) is 7.35. The molecule has 1 aromatic rings. The minimum atomic E-state index is -3.00. The van der Waals surface area contributed by atoms with E-state index < -0.39 is 9.84 Å². The Kier molecular flexibility index (Phi) is 3.73. The summed E-state index contributed by atoms with van der Waals surface area (Å²) in [6.07, 6.45) is 2.55. The molecule has 2 atom stereocenters. The van der Waals surface area contributed by atoms with Gasteiger partial charge in [0, 0.05) is 12.3 Å². The molecule has 0 saturated carbocycles. The lowest BCUT2D eigenvalue weighted by Gasteiger charge is -2.36. The van der Waals surface area contributed by atoms with Crippen LogP contribution in [0.15, 0.2) is 24.3 Å². The minimum Gasteiger partial charge on any atom is -0.299 e. The molecule has 0 radical (unpaired) electrons. The van der Waals surface area contributed by atoms with Crippen LogP contribution in [0.4, 0.5) is 4.39 Å². The molecule has 1 heterocycles. The van der Waals surface area contributed by atoms with Crippen molar-refractivity contribution in [1.82, 2.24) is 4.90 Å². The van der Waals surface area contributed by atoms with Gasteiger partial charge in [0.25, 0.3) is 0 Å². The monoisotopic (exact) mass is 271 g/mol. The fraction of sp³-hybridized carbons (Fsp3) is 0.538.